The van der Waals surface area contributed by atoms with Gasteiger partial charge in [-0.15, -0.1) is 17.5 Å². The van der Waals surface area contributed by atoms with E-state index in [9.17, 15) is 0 Å². The molecule has 5 rings (SSSR count). The second-order valence-electron chi connectivity index (χ2n) is 6.99. The van der Waals surface area contributed by atoms with Crippen LogP contribution in [0.1, 0.15) is 36.4 Å². The third-order valence-corrected chi connectivity index (χ3v) is 5.42. The van der Waals surface area contributed by atoms with Crippen molar-refractivity contribution in [1.82, 2.24) is 29.9 Å². The summed E-state index contributed by atoms with van der Waals surface area (Å²) in [5, 5.41) is 12.2. The topological polar surface area (TPSA) is 60.6 Å². The van der Waals surface area contributed by atoms with E-state index in [0.29, 0.717) is 6.04 Å². The maximum Gasteiger partial charge on any atom is 0.166 e. The molecule has 0 spiro atoms. The molecule has 0 bridgehead atoms. The average Bonchev–Trinajstić information content (AvgIpc) is 3.40. The number of benzene rings is 1. The van der Waals surface area contributed by atoms with Crippen LogP contribution in [0.15, 0.2) is 36.8 Å². The summed E-state index contributed by atoms with van der Waals surface area (Å²) in [7, 11) is 0. The summed E-state index contributed by atoms with van der Waals surface area (Å²) < 4.78 is 4.13. The number of imidazole rings is 1. The number of aromatic nitrogens is 5. The van der Waals surface area contributed by atoms with Crippen LogP contribution in [0.2, 0.25) is 0 Å². The number of nitrogens with zero attached hydrogens (tertiary/aromatic N) is 5. The third-order valence-electron chi connectivity index (χ3n) is 5.42. The zero-order valence-corrected chi connectivity index (χ0v) is 15.5. The van der Waals surface area contributed by atoms with E-state index in [1.165, 1.54) is 30.4 Å². The van der Waals surface area contributed by atoms with Gasteiger partial charge < -0.3 is 5.32 Å². The molecule has 0 unspecified atom stereocenters. The lowest BCUT2D eigenvalue weighted by atomic mass is 10.1. The highest BCUT2D eigenvalue weighted by Gasteiger charge is 2.19. The Hall–Kier alpha value is -2.18. The van der Waals surface area contributed by atoms with Crippen LogP contribution < -0.4 is 5.32 Å². The van der Waals surface area contributed by atoms with E-state index in [2.05, 4.69) is 43.4 Å². The molecule has 2 aromatic heterocycles. The molecule has 3 heterocycles. The van der Waals surface area contributed by atoms with Crippen molar-refractivity contribution in [3.05, 3.63) is 47.9 Å². The van der Waals surface area contributed by atoms with E-state index in [-0.39, 0.29) is 12.4 Å². The average molecular weight is 371 g/mol. The van der Waals surface area contributed by atoms with Crippen molar-refractivity contribution in [1.29, 1.82) is 0 Å². The van der Waals surface area contributed by atoms with Gasteiger partial charge in [-0.05, 0) is 68.5 Å². The van der Waals surface area contributed by atoms with Gasteiger partial charge in [0, 0.05) is 18.1 Å². The lowest BCUT2D eigenvalue weighted by Gasteiger charge is -2.22. The highest BCUT2D eigenvalue weighted by atomic mass is 35.5. The number of hydrogen-bond donors (Lipinski definition) is 1. The van der Waals surface area contributed by atoms with Crippen molar-refractivity contribution < 1.29 is 0 Å². The number of nitrogens with one attached hydrogen (secondary N) is 1. The monoisotopic (exact) mass is 370 g/mol. The van der Waals surface area contributed by atoms with Crippen LogP contribution in [0.3, 0.4) is 0 Å². The third kappa shape index (κ3) is 3.04. The van der Waals surface area contributed by atoms with E-state index in [1.807, 2.05) is 23.3 Å². The van der Waals surface area contributed by atoms with E-state index in [0.717, 1.165) is 43.1 Å². The Bertz CT molecular complexity index is 893. The minimum absolute atomic E-state index is 0. The van der Waals surface area contributed by atoms with E-state index in [1.54, 1.807) is 0 Å². The zero-order chi connectivity index (χ0) is 16.6. The van der Waals surface area contributed by atoms with Gasteiger partial charge >= 0.3 is 0 Å². The maximum absolute atomic E-state index is 4.55. The van der Waals surface area contributed by atoms with Gasteiger partial charge in [0.05, 0.1) is 12.2 Å². The minimum Gasteiger partial charge on any atom is -0.317 e. The van der Waals surface area contributed by atoms with E-state index >= 15 is 0 Å². The van der Waals surface area contributed by atoms with Crippen molar-refractivity contribution in [2.75, 3.05) is 13.1 Å². The molecule has 7 heteroatoms. The van der Waals surface area contributed by atoms with E-state index in [4.69, 9.17) is 0 Å². The van der Waals surface area contributed by atoms with Crippen LogP contribution in [-0.2, 0) is 12.8 Å². The van der Waals surface area contributed by atoms with Crippen LogP contribution in [0.5, 0.6) is 0 Å². The lowest BCUT2D eigenvalue weighted by Crippen LogP contribution is -2.29. The summed E-state index contributed by atoms with van der Waals surface area (Å²) in [6.45, 7) is 2.09. The number of fused-ring (bicyclic) bond motifs is 1. The Morgan fingerprint density at radius 1 is 1.08 bits per heavy atom. The largest absolute Gasteiger partial charge is 0.317 e. The van der Waals surface area contributed by atoms with Crippen LogP contribution in [0, 0.1) is 0 Å². The Balaban J connectivity index is 0.00000168. The number of halogens is 1. The molecule has 6 nitrogen and oxygen atoms in total. The fourth-order valence-electron chi connectivity index (χ4n) is 4.04. The molecule has 136 valence electrons. The number of hydrogen-bond acceptors (Lipinski definition) is 4. The normalized spacial score (nSPS) is 17.1. The van der Waals surface area contributed by atoms with Crippen LogP contribution in [0.4, 0.5) is 0 Å². The molecule has 1 aliphatic carbocycles. The molecule has 1 saturated heterocycles. The molecule has 1 aliphatic heterocycles. The molecule has 1 N–H and O–H groups in total. The van der Waals surface area contributed by atoms with E-state index < -0.39 is 0 Å². The molecule has 0 radical (unpaired) electrons. The van der Waals surface area contributed by atoms with Gasteiger partial charge in [0.15, 0.2) is 5.82 Å². The lowest BCUT2D eigenvalue weighted by molar-refractivity contribution is 0.337. The summed E-state index contributed by atoms with van der Waals surface area (Å²) in [5.74, 6) is 0.859. The predicted molar refractivity (Wildman–Crippen MR) is 103 cm³/mol. The number of aryl methyl sites for hydroxylation is 2. The fraction of sp³-hybridized carbons (Fsp3) is 0.421. The highest BCUT2D eigenvalue weighted by molar-refractivity contribution is 5.85. The van der Waals surface area contributed by atoms with Gasteiger partial charge in [-0.2, -0.15) is 0 Å². The molecule has 1 fully saturated rings. The molecule has 3 aromatic rings. The van der Waals surface area contributed by atoms with Gasteiger partial charge in [-0.25, -0.2) is 9.67 Å². The SMILES string of the molecule is Cl.c1cn(-c2ccc3c(c2)CCC3)c(-c2cn(C3CCNCC3)nn2)n1. The summed E-state index contributed by atoms with van der Waals surface area (Å²) in [4.78, 5) is 4.55. The molecule has 0 atom stereocenters. The Morgan fingerprint density at radius 2 is 1.92 bits per heavy atom. The van der Waals surface area contributed by atoms with Gasteiger partial charge in [0.2, 0.25) is 0 Å². The first kappa shape index (κ1) is 17.2. The molecular formula is C19H23ClN6. The molecule has 0 saturated carbocycles. The Kier molecular flexibility index (Phi) is 4.78. The van der Waals surface area contributed by atoms with Crippen molar-refractivity contribution in [2.24, 2.45) is 0 Å². The highest BCUT2D eigenvalue weighted by Crippen LogP contribution is 2.27. The van der Waals surface area contributed by atoms with Crippen LogP contribution in [0.25, 0.3) is 17.2 Å². The second kappa shape index (κ2) is 7.21. The summed E-state index contributed by atoms with van der Waals surface area (Å²) in [6, 6.07) is 7.18. The van der Waals surface area contributed by atoms with Crippen molar-refractivity contribution in [3.8, 4) is 17.2 Å². The summed E-state index contributed by atoms with van der Waals surface area (Å²) >= 11 is 0. The molecule has 26 heavy (non-hydrogen) atoms. The molecule has 1 aromatic carbocycles. The standard InChI is InChI=1S/C19H22N6.ClH/c1-2-14-4-5-17(12-15(14)3-1)24-11-10-21-19(24)18-13-25(23-22-18)16-6-8-20-9-7-16;/h4-5,10-13,16,20H,1-3,6-9H2;1H. The summed E-state index contributed by atoms with van der Waals surface area (Å²) in [6.07, 6.45) is 11.7. The van der Waals surface area contributed by atoms with Crippen LogP contribution >= 0.6 is 12.4 Å². The Morgan fingerprint density at radius 3 is 2.81 bits per heavy atom. The van der Waals surface area contributed by atoms with Crippen LogP contribution in [-0.4, -0.2) is 37.6 Å². The first-order valence-electron chi connectivity index (χ1n) is 9.17. The first-order valence-corrected chi connectivity index (χ1v) is 9.17. The van der Waals surface area contributed by atoms with Gasteiger partial charge in [-0.1, -0.05) is 11.3 Å². The van der Waals surface area contributed by atoms with Gasteiger partial charge in [0.1, 0.15) is 5.69 Å². The van der Waals surface area contributed by atoms with Crippen molar-refractivity contribution in [2.45, 2.75) is 38.1 Å². The smallest absolute Gasteiger partial charge is 0.166 e. The van der Waals surface area contributed by atoms with Crippen molar-refractivity contribution >= 4 is 12.4 Å². The predicted octanol–water partition coefficient (Wildman–Crippen LogP) is 2.97. The molecule has 0 amide bonds. The number of piperidine rings is 1. The maximum atomic E-state index is 4.55. The molecular weight excluding hydrogens is 348 g/mol. The van der Waals surface area contributed by atoms with Gasteiger partial charge in [-0.3, -0.25) is 4.57 Å². The number of rotatable bonds is 3. The molecule has 2 aliphatic rings. The second-order valence-corrected chi connectivity index (χ2v) is 6.99. The summed E-state index contributed by atoms with van der Waals surface area (Å²) in [5.41, 5.74) is 4.95. The Labute approximate surface area is 159 Å². The first-order chi connectivity index (χ1) is 12.4. The fourth-order valence-corrected chi connectivity index (χ4v) is 4.04. The minimum atomic E-state index is 0. The van der Waals surface area contributed by atoms with Gasteiger partial charge in [0.25, 0.3) is 0 Å². The zero-order valence-electron chi connectivity index (χ0n) is 14.6. The quantitative estimate of drug-likeness (QED) is 0.770. The van der Waals surface area contributed by atoms with Crippen molar-refractivity contribution in [3.63, 3.8) is 0 Å².